The summed E-state index contributed by atoms with van der Waals surface area (Å²) in [7, 11) is 0. The Bertz CT molecular complexity index is 463. The highest BCUT2D eigenvalue weighted by Crippen LogP contribution is 2.13. The van der Waals surface area contributed by atoms with E-state index in [9.17, 15) is 14.0 Å². The molecule has 0 aliphatic rings. The van der Waals surface area contributed by atoms with Crippen LogP contribution in [-0.2, 0) is 9.59 Å². The number of carbonyl (C=O) groups is 2. The third kappa shape index (κ3) is 4.14. The summed E-state index contributed by atoms with van der Waals surface area (Å²) in [6.07, 6.45) is 0. The van der Waals surface area contributed by atoms with E-state index < -0.39 is 23.7 Å². The van der Waals surface area contributed by atoms with Crippen molar-refractivity contribution in [3.63, 3.8) is 0 Å². The SMILES string of the molecule is Cc1ccc(NC(=O)CN[C@@H](C)C(=O)O)cc1F. The third-order valence-corrected chi connectivity index (χ3v) is 2.39. The summed E-state index contributed by atoms with van der Waals surface area (Å²) in [6, 6.07) is 3.54. The van der Waals surface area contributed by atoms with Crippen LogP contribution < -0.4 is 10.6 Å². The number of carbonyl (C=O) groups excluding carboxylic acids is 1. The lowest BCUT2D eigenvalue weighted by Gasteiger charge is -2.10. The van der Waals surface area contributed by atoms with E-state index in [1.165, 1.54) is 13.0 Å². The van der Waals surface area contributed by atoms with Crippen molar-refractivity contribution in [3.8, 4) is 0 Å². The monoisotopic (exact) mass is 254 g/mol. The van der Waals surface area contributed by atoms with Crippen LogP contribution in [0.4, 0.5) is 10.1 Å². The van der Waals surface area contributed by atoms with Gasteiger partial charge in [-0.2, -0.15) is 0 Å². The van der Waals surface area contributed by atoms with E-state index in [4.69, 9.17) is 5.11 Å². The first-order valence-electron chi connectivity index (χ1n) is 5.42. The molecule has 1 aromatic rings. The van der Waals surface area contributed by atoms with Gasteiger partial charge in [-0.25, -0.2) is 4.39 Å². The van der Waals surface area contributed by atoms with Crippen molar-refractivity contribution in [3.05, 3.63) is 29.6 Å². The first-order valence-corrected chi connectivity index (χ1v) is 5.42. The van der Waals surface area contributed by atoms with E-state index in [0.717, 1.165) is 0 Å². The van der Waals surface area contributed by atoms with Crippen LogP contribution in [0.3, 0.4) is 0 Å². The maximum absolute atomic E-state index is 13.2. The Morgan fingerprint density at radius 3 is 2.67 bits per heavy atom. The second-order valence-corrected chi connectivity index (χ2v) is 3.95. The highest BCUT2D eigenvalue weighted by Gasteiger charge is 2.11. The van der Waals surface area contributed by atoms with E-state index in [1.807, 2.05) is 0 Å². The minimum absolute atomic E-state index is 0.150. The molecule has 0 fully saturated rings. The average Bonchev–Trinajstić information content (AvgIpc) is 2.30. The molecule has 3 N–H and O–H groups in total. The first kappa shape index (κ1) is 14.1. The Morgan fingerprint density at radius 1 is 1.44 bits per heavy atom. The van der Waals surface area contributed by atoms with Crippen molar-refractivity contribution in [1.29, 1.82) is 0 Å². The van der Waals surface area contributed by atoms with Gasteiger partial charge in [-0.3, -0.25) is 14.9 Å². The summed E-state index contributed by atoms with van der Waals surface area (Å²) in [5.41, 5.74) is 0.832. The predicted molar refractivity (Wildman–Crippen MR) is 64.9 cm³/mol. The Labute approximate surface area is 104 Å². The van der Waals surface area contributed by atoms with Gasteiger partial charge in [0.1, 0.15) is 11.9 Å². The summed E-state index contributed by atoms with van der Waals surface area (Å²) in [5, 5.41) is 13.6. The molecule has 0 saturated carbocycles. The molecule has 0 aliphatic heterocycles. The zero-order valence-electron chi connectivity index (χ0n) is 10.2. The van der Waals surface area contributed by atoms with Gasteiger partial charge in [-0.15, -0.1) is 0 Å². The number of rotatable bonds is 5. The number of carboxylic acids is 1. The molecule has 1 aromatic carbocycles. The fraction of sp³-hybridized carbons (Fsp3) is 0.333. The molecule has 1 rings (SSSR count). The van der Waals surface area contributed by atoms with Gasteiger partial charge in [0.15, 0.2) is 0 Å². The molecule has 0 aliphatic carbocycles. The van der Waals surface area contributed by atoms with Crippen molar-refractivity contribution in [2.45, 2.75) is 19.9 Å². The summed E-state index contributed by atoms with van der Waals surface area (Å²) >= 11 is 0. The molecule has 6 heteroatoms. The number of anilines is 1. The van der Waals surface area contributed by atoms with Crippen LogP contribution in [0, 0.1) is 12.7 Å². The summed E-state index contributed by atoms with van der Waals surface area (Å²) in [6.45, 7) is 2.90. The molecule has 0 aromatic heterocycles. The van der Waals surface area contributed by atoms with Crippen LogP contribution in [0.15, 0.2) is 18.2 Å². The standard InChI is InChI=1S/C12H15FN2O3/c1-7-3-4-9(5-10(7)13)15-11(16)6-14-8(2)12(17)18/h3-5,8,14H,6H2,1-2H3,(H,15,16)(H,17,18)/t8-/m0/s1. The van der Waals surface area contributed by atoms with E-state index >= 15 is 0 Å². The summed E-state index contributed by atoms with van der Waals surface area (Å²) in [4.78, 5) is 22.0. The Hall–Kier alpha value is -1.95. The van der Waals surface area contributed by atoms with Gasteiger partial charge < -0.3 is 10.4 Å². The van der Waals surface area contributed by atoms with Crippen molar-refractivity contribution in [1.82, 2.24) is 5.32 Å². The molecule has 0 unspecified atom stereocenters. The lowest BCUT2D eigenvalue weighted by Crippen LogP contribution is -2.39. The number of carboxylic acid groups (broad SMARTS) is 1. The highest BCUT2D eigenvalue weighted by molar-refractivity contribution is 5.92. The number of benzene rings is 1. The zero-order valence-corrected chi connectivity index (χ0v) is 10.2. The smallest absolute Gasteiger partial charge is 0.320 e. The molecule has 1 atom stereocenters. The molecular formula is C12H15FN2O3. The van der Waals surface area contributed by atoms with Gasteiger partial charge in [-0.1, -0.05) is 6.07 Å². The van der Waals surface area contributed by atoms with Gasteiger partial charge in [0.2, 0.25) is 5.91 Å². The maximum Gasteiger partial charge on any atom is 0.320 e. The van der Waals surface area contributed by atoms with Crippen LogP contribution in [0.1, 0.15) is 12.5 Å². The minimum Gasteiger partial charge on any atom is -0.480 e. The summed E-state index contributed by atoms with van der Waals surface area (Å²) in [5.74, 6) is -1.87. The van der Waals surface area contributed by atoms with Crippen LogP contribution in [0.5, 0.6) is 0 Å². The second kappa shape index (κ2) is 6.11. The number of hydrogen-bond acceptors (Lipinski definition) is 3. The van der Waals surface area contributed by atoms with Gasteiger partial charge >= 0.3 is 5.97 Å². The number of hydrogen-bond donors (Lipinski definition) is 3. The summed E-state index contributed by atoms with van der Waals surface area (Å²) < 4.78 is 13.2. The predicted octanol–water partition coefficient (Wildman–Crippen LogP) is 1.14. The topological polar surface area (TPSA) is 78.4 Å². The van der Waals surface area contributed by atoms with Crippen LogP contribution in [0.25, 0.3) is 0 Å². The Balaban J connectivity index is 2.49. The number of nitrogens with one attached hydrogen (secondary N) is 2. The Morgan fingerprint density at radius 2 is 2.11 bits per heavy atom. The van der Waals surface area contributed by atoms with Crippen molar-refractivity contribution in [2.75, 3.05) is 11.9 Å². The van der Waals surface area contributed by atoms with Gasteiger partial charge in [0.25, 0.3) is 0 Å². The van der Waals surface area contributed by atoms with E-state index in [1.54, 1.807) is 19.1 Å². The molecule has 98 valence electrons. The van der Waals surface area contributed by atoms with E-state index in [0.29, 0.717) is 11.3 Å². The second-order valence-electron chi connectivity index (χ2n) is 3.95. The minimum atomic E-state index is -1.04. The number of aliphatic carboxylic acids is 1. The number of amides is 1. The molecule has 0 spiro atoms. The number of aryl methyl sites for hydroxylation is 1. The van der Waals surface area contributed by atoms with Gasteiger partial charge in [0, 0.05) is 5.69 Å². The third-order valence-electron chi connectivity index (χ3n) is 2.39. The molecular weight excluding hydrogens is 239 g/mol. The quantitative estimate of drug-likeness (QED) is 0.736. The fourth-order valence-corrected chi connectivity index (χ4v) is 1.21. The van der Waals surface area contributed by atoms with Crippen molar-refractivity contribution in [2.24, 2.45) is 0 Å². The molecule has 0 bridgehead atoms. The molecule has 18 heavy (non-hydrogen) atoms. The maximum atomic E-state index is 13.2. The molecule has 1 amide bonds. The van der Waals surface area contributed by atoms with Crippen LogP contribution >= 0.6 is 0 Å². The van der Waals surface area contributed by atoms with Gasteiger partial charge in [-0.05, 0) is 31.5 Å². The fourth-order valence-electron chi connectivity index (χ4n) is 1.21. The van der Waals surface area contributed by atoms with Crippen molar-refractivity contribution < 1.29 is 19.1 Å². The molecule has 0 saturated heterocycles. The zero-order chi connectivity index (χ0) is 13.7. The Kier molecular flexibility index (Phi) is 4.79. The van der Waals surface area contributed by atoms with E-state index in [2.05, 4.69) is 10.6 Å². The lowest BCUT2D eigenvalue weighted by molar-refractivity contribution is -0.139. The lowest BCUT2D eigenvalue weighted by atomic mass is 10.2. The largest absolute Gasteiger partial charge is 0.480 e. The molecule has 0 radical (unpaired) electrons. The number of halogens is 1. The van der Waals surface area contributed by atoms with E-state index in [-0.39, 0.29) is 6.54 Å². The average molecular weight is 254 g/mol. The molecule has 0 heterocycles. The first-order chi connectivity index (χ1) is 8.40. The highest BCUT2D eigenvalue weighted by atomic mass is 19.1. The van der Waals surface area contributed by atoms with Crippen molar-refractivity contribution >= 4 is 17.6 Å². The van der Waals surface area contributed by atoms with Gasteiger partial charge in [0.05, 0.1) is 6.54 Å². The van der Waals surface area contributed by atoms with Crippen LogP contribution in [-0.4, -0.2) is 29.6 Å². The molecule has 5 nitrogen and oxygen atoms in total. The normalized spacial score (nSPS) is 11.9. The van der Waals surface area contributed by atoms with Crippen LogP contribution in [0.2, 0.25) is 0 Å².